The largest absolute Gasteiger partial charge is 0.493 e. The normalized spacial score (nSPS) is 13.9. The van der Waals surface area contributed by atoms with Gasteiger partial charge >= 0.3 is 0 Å². The van der Waals surface area contributed by atoms with E-state index in [4.69, 9.17) is 14.5 Å². The molecule has 1 aliphatic heterocycles. The van der Waals surface area contributed by atoms with E-state index in [-0.39, 0.29) is 17.9 Å². The number of ether oxygens (including phenoxy) is 2. The van der Waals surface area contributed by atoms with Crippen LogP contribution in [-0.2, 0) is 0 Å². The third kappa shape index (κ3) is 3.99. The number of benzene rings is 2. The Morgan fingerprint density at radius 2 is 1.70 bits per heavy atom. The van der Waals surface area contributed by atoms with E-state index in [0.29, 0.717) is 35.6 Å². The Bertz CT molecular complexity index is 1200. The van der Waals surface area contributed by atoms with E-state index in [1.165, 1.54) is 4.90 Å². The van der Waals surface area contributed by atoms with Crippen LogP contribution in [0.25, 0.3) is 10.9 Å². The lowest BCUT2D eigenvalue weighted by Gasteiger charge is -2.23. The first-order valence-electron chi connectivity index (χ1n) is 11.1. The number of methoxy groups -OCH3 is 2. The van der Waals surface area contributed by atoms with Gasteiger partial charge in [-0.15, -0.1) is 0 Å². The molecule has 1 aliphatic rings. The zero-order valence-corrected chi connectivity index (χ0v) is 19.7. The van der Waals surface area contributed by atoms with Gasteiger partial charge < -0.3 is 14.8 Å². The quantitative estimate of drug-likeness (QED) is 0.397. The summed E-state index contributed by atoms with van der Waals surface area (Å²) in [7, 11) is 3.25. The molecule has 2 aromatic carbocycles. The van der Waals surface area contributed by atoms with Crippen molar-refractivity contribution in [3.8, 4) is 11.5 Å². The average Bonchev–Trinajstić information content (AvgIpc) is 3.06. The SMILES string of the molecule is COc1cc(NCCCC(C)N2C(=O)c3ccccc3C2=O)c2nc(C)cc(C)c2c1OC. The van der Waals surface area contributed by atoms with Crippen molar-refractivity contribution in [3.63, 3.8) is 0 Å². The van der Waals surface area contributed by atoms with Crippen molar-refractivity contribution in [2.24, 2.45) is 0 Å². The van der Waals surface area contributed by atoms with Crippen LogP contribution in [0.4, 0.5) is 5.69 Å². The highest BCUT2D eigenvalue weighted by molar-refractivity contribution is 6.21. The maximum Gasteiger partial charge on any atom is 0.261 e. The Labute approximate surface area is 193 Å². The maximum atomic E-state index is 12.7. The van der Waals surface area contributed by atoms with Crippen molar-refractivity contribution < 1.29 is 19.1 Å². The molecule has 0 aliphatic carbocycles. The summed E-state index contributed by atoms with van der Waals surface area (Å²) >= 11 is 0. The fourth-order valence-corrected chi connectivity index (χ4v) is 4.55. The molecule has 0 saturated heterocycles. The molecule has 3 aromatic rings. The molecule has 1 N–H and O–H groups in total. The minimum absolute atomic E-state index is 0.191. The highest BCUT2D eigenvalue weighted by atomic mass is 16.5. The van der Waals surface area contributed by atoms with Gasteiger partial charge in [-0.3, -0.25) is 19.5 Å². The van der Waals surface area contributed by atoms with Crippen molar-refractivity contribution in [2.75, 3.05) is 26.1 Å². The number of aromatic nitrogens is 1. The van der Waals surface area contributed by atoms with E-state index in [1.54, 1.807) is 38.5 Å². The summed E-state index contributed by atoms with van der Waals surface area (Å²) < 4.78 is 11.2. The van der Waals surface area contributed by atoms with E-state index in [1.807, 2.05) is 32.9 Å². The summed E-state index contributed by atoms with van der Waals surface area (Å²) in [5.74, 6) is 0.886. The molecule has 0 spiro atoms. The average molecular weight is 448 g/mol. The minimum atomic E-state index is -0.211. The Kier molecular flexibility index (Phi) is 6.22. The number of fused-ring (bicyclic) bond motifs is 2. The Morgan fingerprint density at radius 1 is 1.03 bits per heavy atom. The van der Waals surface area contributed by atoms with Crippen LogP contribution in [0.3, 0.4) is 0 Å². The van der Waals surface area contributed by atoms with Gasteiger partial charge in [0.1, 0.15) is 0 Å². The summed E-state index contributed by atoms with van der Waals surface area (Å²) in [5.41, 5.74) is 4.66. The molecule has 1 aromatic heterocycles. The number of nitrogens with zero attached hydrogens (tertiary/aromatic N) is 2. The van der Waals surface area contributed by atoms with Crippen LogP contribution in [0.1, 0.15) is 51.7 Å². The van der Waals surface area contributed by atoms with Gasteiger partial charge in [0, 0.05) is 24.3 Å². The lowest BCUT2D eigenvalue weighted by atomic mass is 10.1. The fraction of sp³-hybridized carbons (Fsp3) is 0.346. The van der Waals surface area contributed by atoms with Crippen molar-refractivity contribution in [3.05, 3.63) is 58.8 Å². The number of nitrogens with one attached hydrogen (secondary N) is 1. The summed E-state index contributed by atoms with van der Waals surface area (Å²) in [6.07, 6.45) is 1.46. The molecular weight excluding hydrogens is 418 g/mol. The maximum absolute atomic E-state index is 12.7. The summed E-state index contributed by atoms with van der Waals surface area (Å²) in [6, 6.07) is 10.7. The van der Waals surface area contributed by atoms with Crippen molar-refractivity contribution in [1.82, 2.24) is 9.88 Å². The third-order valence-corrected chi connectivity index (χ3v) is 6.13. The Balaban J connectivity index is 1.48. The van der Waals surface area contributed by atoms with Crippen molar-refractivity contribution in [2.45, 2.75) is 39.7 Å². The first kappa shape index (κ1) is 22.6. The molecule has 0 fully saturated rings. The van der Waals surface area contributed by atoms with Crippen LogP contribution >= 0.6 is 0 Å². The van der Waals surface area contributed by atoms with Crippen molar-refractivity contribution in [1.29, 1.82) is 0 Å². The molecular formula is C26H29N3O4. The number of rotatable bonds is 8. The Hall–Kier alpha value is -3.61. The highest BCUT2D eigenvalue weighted by Gasteiger charge is 2.37. The topological polar surface area (TPSA) is 80.8 Å². The molecule has 1 unspecified atom stereocenters. The van der Waals surface area contributed by atoms with Gasteiger partial charge in [-0.2, -0.15) is 0 Å². The van der Waals surface area contributed by atoms with Crippen LogP contribution in [-0.4, -0.2) is 48.5 Å². The molecule has 33 heavy (non-hydrogen) atoms. The second-order valence-corrected chi connectivity index (χ2v) is 8.41. The summed E-state index contributed by atoms with van der Waals surface area (Å²) in [4.78, 5) is 31.5. The molecule has 2 amide bonds. The molecule has 1 atom stereocenters. The smallest absolute Gasteiger partial charge is 0.261 e. The third-order valence-electron chi connectivity index (χ3n) is 6.13. The first-order chi connectivity index (χ1) is 15.9. The van der Waals surface area contributed by atoms with Crippen LogP contribution < -0.4 is 14.8 Å². The zero-order chi connectivity index (χ0) is 23.7. The lowest BCUT2D eigenvalue weighted by molar-refractivity contribution is 0.0589. The number of hydrogen-bond acceptors (Lipinski definition) is 6. The first-order valence-corrected chi connectivity index (χ1v) is 11.1. The Morgan fingerprint density at radius 3 is 2.30 bits per heavy atom. The molecule has 7 nitrogen and oxygen atoms in total. The fourth-order valence-electron chi connectivity index (χ4n) is 4.55. The van der Waals surface area contributed by atoms with Gasteiger partial charge in [0.2, 0.25) is 0 Å². The minimum Gasteiger partial charge on any atom is -0.493 e. The van der Waals surface area contributed by atoms with Gasteiger partial charge in [0.15, 0.2) is 11.5 Å². The number of amides is 2. The number of pyridine rings is 1. The second kappa shape index (κ2) is 9.10. The van der Waals surface area contributed by atoms with Gasteiger partial charge in [0.05, 0.1) is 41.9 Å². The van der Waals surface area contributed by atoms with Gasteiger partial charge in [-0.05, 0) is 57.4 Å². The molecule has 172 valence electrons. The highest BCUT2D eigenvalue weighted by Crippen LogP contribution is 2.41. The van der Waals surface area contributed by atoms with E-state index < -0.39 is 0 Å². The summed E-state index contributed by atoms with van der Waals surface area (Å²) in [5, 5.41) is 4.39. The van der Waals surface area contributed by atoms with E-state index >= 15 is 0 Å². The number of carbonyl (C=O) groups is 2. The molecule has 0 bridgehead atoms. The molecule has 0 radical (unpaired) electrons. The molecule has 7 heteroatoms. The van der Waals surface area contributed by atoms with Crippen molar-refractivity contribution >= 4 is 28.4 Å². The molecule has 4 rings (SSSR count). The monoisotopic (exact) mass is 447 g/mol. The predicted molar refractivity (Wildman–Crippen MR) is 128 cm³/mol. The van der Waals surface area contributed by atoms with E-state index in [2.05, 4.69) is 5.32 Å². The number of carbonyl (C=O) groups excluding carboxylic acids is 2. The van der Waals surface area contributed by atoms with E-state index in [9.17, 15) is 9.59 Å². The number of aryl methyl sites for hydroxylation is 2. The van der Waals surface area contributed by atoms with Crippen LogP contribution in [0, 0.1) is 13.8 Å². The molecule has 2 heterocycles. The van der Waals surface area contributed by atoms with Crippen LogP contribution in [0.2, 0.25) is 0 Å². The van der Waals surface area contributed by atoms with Gasteiger partial charge in [-0.1, -0.05) is 12.1 Å². The van der Waals surface area contributed by atoms with Crippen LogP contribution in [0.15, 0.2) is 36.4 Å². The van der Waals surface area contributed by atoms with Crippen LogP contribution in [0.5, 0.6) is 11.5 Å². The number of hydrogen-bond donors (Lipinski definition) is 1. The van der Waals surface area contributed by atoms with Gasteiger partial charge in [0.25, 0.3) is 11.8 Å². The summed E-state index contributed by atoms with van der Waals surface area (Å²) in [6.45, 7) is 6.58. The second-order valence-electron chi connectivity index (χ2n) is 8.41. The van der Waals surface area contributed by atoms with E-state index in [0.717, 1.165) is 34.3 Å². The lowest BCUT2D eigenvalue weighted by Crippen LogP contribution is -2.38. The molecule has 0 saturated carbocycles. The predicted octanol–water partition coefficient (Wildman–Crippen LogP) is 4.75. The number of anilines is 1. The number of imide groups is 1. The standard InChI is InChI=1S/C26H29N3O4/c1-15-13-16(2)28-23-20(14-21(32-4)24(33-5)22(15)23)27-12-8-9-17(3)29-25(30)18-10-6-7-11-19(18)26(29)31/h6-7,10-11,13-14,17,27H,8-9,12H2,1-5H3. The zero-order valence-electron chi connectivity index (χ0n) is 19.7. The van der Waals surface area contributed by atoms with Gasteiger partial charge in [-0.25, -0.2) is 0 Å².